The Balaban J connectivity index is 2.34. The maximum absolute atomic E-state index is 11.8. The topological polar surface area (TPSA) is 101 Å². The normalized spacial score (nSPS) is 12.5. The summed E-state index contributed by atoms with van der Waals surface area (Å²) in [7, 11) is 0. The van der Waals surface area contributed by atoms with Gasteiger partial charge in [0.05, 0.1) is 11.8 Å². The lowest BCUT2D eigenvalue weighted by molar-refractivity contribution is -0.133. The summed E-state index contributed by atoms with van der Waals surface area (Å²) in [6.45, 7) is 1.94. The molecule has 2 N–H and O–H groups in total. The molecule has 0 radical (unpaired) electrons. The SMILES string of the molecule is CCC(c1nccs1)n1c(SCC(=O)O)n[nH]c1=O. The number of aromatic nitrogens is 4. The van der Waals surface area contributed by atoms with Gasteiger partial charge in [0.25, 0.3) is 0 Å². The Kier molecular flexibility index (Phi) is 4.38. The van der Waals surface area contributed by atoms with Gasteiger partial charge in [-0.15, -0.1) is 16.4 Å². The van der Waals surface area contributed by atoms with Gasteiger partial charge in [-0.05, 0) is 6.42 Å². The van der Waals surface area contributed by atoms with Gasteiger partial charge in [0, 0.05) is 11.6 Å². The molecule has 1 atom stereocenters. The second kappa shape index (κ2) is 6.02. The lowest BCUT2D eigenvalue weighted by Gasteiger charge is -2.14. The number of thioether (sulfide) groups is 1. The molecule has 0 spiro atoms. The Labute approximate surface area is 116 Å². The first-order valence-electron chi connectivity index (χ1n) is 5.54. The summed E-state index contributed by atoms with van der Waals surface area (Å²) in [4.78, 5) is 26.7. The molecule has 0 aliphatic heterocycles. The van der Waals surface area contributed by atoms with Gasteiger partial charge in [-0.3, -0.25) is 9.36 Å². The Morgan fingerprint density at radius 3 is 3.05 bits per heavy atom. The quantitative estimate of drug-likeness (QED) is 0.777. The average Bonchev–Trinajstić information content (AvgIpc) is 3.00. The van der Waals surface area contributed by atoms with Crippen molar-refractivity contribution in [3.63, 3.8) is 0 Å². The highest BCUT2D eigenvalue weighted by Gasteiger charge is 2.21. The molecule has 0 fully saturated rings. The summed E-state index contributed by atoms with van der Waals surface area (Å²) in [5.41, 5.74) is -0.352. The van der Waals surface area contributed by atoms with Gasteiger partial charge < -0.3 is 5.11 Å². The maximum Gasteiger partial charge on any atom is 0.344 e. The zero-order valence-corrected chi connectivity index (χ0v) is 11.7. The molecule has 2 heterocycles. The molecule has 0 saturated heterocycles. The predicted molar refractivity (Wildman–Crippen MR) is 71.8 cm³/mol. The molecule has 19 heavy (non-hydrogen) atoms. The lowest BCUT2D eigenvalue weighted by Crippen LogP contribution is -2.23. The van der Waals surface area contributed by atoms with Gasteiger partial charge >= 0.3 is 11.7 Å². The number of rotatable bonds is 6. The van der Waals surface area contributed by atoms with E-state index in [-0.39, 0.29) is 17.5 Å². The van der Waals surface area contributed by atoms with Crippen molar-refractivity contribution in [2.75, 3.05) is 5.75 Å². The van der Waals surface area contributed by atoms with E-state index in [9.17, 15) is 9.59 Å². The van der Waals surface area contributed by atoms with E-state index in [0.29, 0.717) is 11.6 Å². The molecular formula is C10H12N4O3S2. The van der Waals surface area contributed by atoms with Crippen molar-refractivity contribution < 1.29 is 9.90 Å². The summed E-state index contributed by atoms with van der Waals surface area (Å²) in [6.07, 6.45) is 2.35. The van der Waals surface area contributed by atoms with Crippen molar-refractivity contribution in [2.24, 2.45) is 0 Å². The van der Waals surface area contributed by atoms with E-state index >= 15 is 0 Å². The highest BCUT2D eigenvalue weighted by atomic mass is 32.2. The van der Waals surface area contributed by atoms with Gasteiger partial charge in [0.2, 0.25) is 0 Å². The highest BCUT2D eigenvalue weighted by Crippen LogP contribution is 2.26. The standard InChI is InChI=1S/C10H12N4O3S2/c1-2-6(8-11-3-4-18-8)14-9(17)12-13-10(14)19-5-7(15)16/h3-4,6H,2,5H2,1H3,(H,12,17)(H,15,16). The number of nitrogens with one attached hydrogen (secondary N) is 1. The fraction of sp³-hybridized carbons (Fsp3) is 0.400. The molecule has 2 rings (SSSR count). The third kappa shape index (κ3) is 3.04. The fourth-order valence-electron chi connectivity index (χ4n) is 1.66. The maximum atomic E-state index is 11.8. The van der Waals surface area contributed by atoms with Crippen LogP contribution in [-0.2, 0) is 4.79 Å². The number of hydrogen-bond acceptors (Lipinski definition) is 6. The number of carboxylic acids is 1. The zero-order valence-electron chi connectivity index (χ0n) is 10.1. The molecule has 0 bridgehead atoms. The van der Waals surface area contributed by atoms with Gasteiger partial charge in [-0.25, -0.2) is 14.9 Å². The highest BCUT2D eigenvalue weighted by molar-refractivity contribution is 7.99. The number of thiazole rings is 1. The average molecular weight is 300 g/mol. The van der Waals surface area contributed by atoms with E-state index in [1.807, 2.05) is 12.3 Å². The third-order valence-electron chi connectivity index (χ3n) is 2.43. The zero-order chi connectivity index (χ0) is 13.8. The smallest absolute Gasteiger partial charge is 0.344 e. The number of aromatic amines is 1. The number of carboxylic acid groups (broad SMARTS) is 1. The molecule has 1 unspecified atom stereocenters. The van der Waals surface area contributed by atoms with E-state index in [0.717, 1.165) is 16.8 Å². The Hall–Kier alpha value is -1.61. The van der Waals surface area contributed by atoms with E-state index in [1.54, 1.807) is 6.20 Å². The van der Waals surface area contributed by atoms with E-state index in [1.165, 1.54) is 15.9 Å². The second-order valence-corrected chi connectivity index (χ2v) is 5.53. The number of carbonyl (C=O) groups is 1. The van der Waals surface area contributed by atoms with Crippen molar-refractivity contribution in [2.45, 2.75) is 24.5 Å². The molecule has 0 aromatic carbocycles. The van der Waals surface area contributed by atoms with Crippen molar-refractivity contribution in [3.05, 3.63) is 27.1 Å². The number of aliphatic carboxylic acids is 1. The Bertz CT molecular complexity index is 605. The molecule has 9 heteroatoms. The minimum absolute atomic E-state index is 0.140. The minimum Gasteiger partial charge on any atom is -0.481 e. The number of hydrogen-bond donors (Lipinski definition) is 2. The monoisotopic (exact) mass is 300 g/mol. The molecule has 0 amide bonds. The lowest BCUT2D eigenvalue weighted by atomic mass is 10.2. The number of nitrogens with zero attached hydrogens (tertiary/aromatic N) is 3. The predicted octanol–water partition coefficient (Wildman–Crippen LogP) is 1.20. The van der Waals surface area contributed by atoms with E-state index in [2.05, 4.69) is 15.2 Å². The van der Waals surface area contributed by atoms with Gasteiger partial charge in [0.15, 0.2) is 5.16 Å². The Morgan fingerprint density at radius 2 is 2.47 bits per heavy atom. The third-order valence-corrected chi connectivity index (χ3v) is 4.25. The summed E-state index contributed by atoms with van der Waals surface area (Å²) >= 11 is 2.47. The van der Waals surface area contributed by atoms with Gasteiger partial charge in [0.1, 0.15) is 5.01 Å². The molecule has 7 nitrogen and oxygen atoms in total. The first-order chi connectivity index (χ1) is 9.13. The Morgan fingerprint density at radius 1 is 1.68 bits per heavy atom. The van der Waals surface area contributed by atoms with Crippen molar-refractivity contribution in [1.29, 1.82) is 0 Å². The van der Waals surface area contributed by atoms with Gasteiger partial charge in [-0.1, -0.05) is 18.7 Å². The van der Waals surface area contributed by atoms with Gasteiger partial charge in [-0.2, -0.15) is 0 Å². The van der Waals surface area contributed by atoms with Crippen LogP contribution in [0.1, 0.15) is 24.4 Å². The molecule has 0 aliphatic carbocycles. The van der Waals surface area contributed by atoms with Crippen LogP contribution in [0.25, 0.3) is 0 Å². The van der Waals surface area contributed by atoms with Crippen LogP contribution in [0.15, 0.2) is 21.5 Å². The van der Waals surface area contributed by atoms with Crippen LogP contribution in [0, 0.1) is 0 Å². The summed E-state index contributed by atoms with van der Waals surface area (Å²) < 4.78 is 1.46. The largest absolute Gasteiger partial charge is 0.481 e. The first kappa shape index (κ1) is 13.8. The molecule has 102 valence electrons. The summed E-state index contributed by atoms with van der Waals surface area (Å²) in [6, 6.07) is -0.220. The molecule has 0 saturated carbocycles. The van der Waals surface area contributed by atoms with E-state index < -0.39 is 5.97 Å². The molecule has 2 aromatic heterocycles. The van der Waals surface area contributed by atoms with Crippen LogP contribution in [0.2, 0.25) is 0 Å². The second-order valence-electron chi connectivity index (χ2n) is 3.66. The van der Waals surface area contributed by atoms with Crippen molar-refractivity contribution >= 4 is 29.1 Å². The molecule has 0 aliphatic rings. The van der Waals surface area contributed by atoms with Crippen LogP contribution < -0.4 is 5.69 Å². The van der Waals surface area contributed by atoms with E-state index in [4.69, 9.17) is 5.11 Å². The minimum atomic E-state index is -0.950. The van der Waals surface area contributed by atoms with Crippen molar-refractivity contribution in [3.8, 4) is 0 Å². The van der Waals surface area contributed by atoms with Crippen LogP contribution in [-0.4, -0.2) is 36.6 Å². The van der Waals surface area contributed by atoms with Crippen LogP contribution >= 0.6 is 23.1 Å². The fourth-order valence-corrected chi connectivity index (χ4v) is 3.18. The molecular weight excluding hydrogens is 288 g/mol. The van der Waals surface area contributed by atoms with Crippen molar-refractivity contribution in [1.82, 2.24) is 19.7 Å². The van der Waals surface area contributed by atoms with Crippen LogP contribution in [0.4, 0.5) is 0 Å². The summed E-state index contributed by atoms with van der Waals surface area (Å²) in [5.74, 6) is -1.09. The number of H-pyrrole nitrogens is 1. The molecule has 2 aromatic rings. The first-order valence-corrected chi connectivity index (χ1v) is 7.41. The van der Waals surface area contributed by atoms with Crippen LogP contribution in [0.5, 0.6) is 0 Å². The summed E-state index contributed by atoms with van der Waals surface area (Å²) in [5, 5.41) is 17.9. The van der Waals surface area contributed by atoms with Crippen LogP contribution in [0.3, 0.4) is 0 Å².